The van der Waals surface area contributed by atoms with Crippen molar-refractivity contribution in [2.45, 2.75) is 20.4 Å². The van der Waals surface area contributed by atoms with Gasteiger partial charge in [-0.2, -0.15) is 4.52 Å². The van der Waals surface area contributed by atoms with E-state index in [0.717, 1.165) is 61.5 Å². The van der Waals surface area contributed by atoms with Gasteiger partial charge in [-0.25, -0.2) is 0 Å². The van der Waals surface area contributed by atoms with Gasteiger partial charge in [0.1, 0.15) is 5.82 Å². The summed E-state index contributed by atoms with van der Waals surface area (Å²) in [5.74, 6) is 4.17. The first-order valence-corrected chi connectivity index (χ1v) is 8.74. The molecule has 5 rings (SSSR count). The first-order chi connectivity index (χ1) is 12.2. The molecule has 8 heteroatoms. The molecular formula is C17H21N7O. The summed E-state index contributed by atoms with van der Waals surface area (Å²) in [4.78, 5) is 4.87. The van der Waals surface area contributed by atoms with Crippen LogP contribution in [0.3, 0.4) is 0 Å². The highest BCUT2D eigenvalue weighted by Crippen LogP contribution is 2.34. The highest BCUT2D eigenvalue weighted by Gasteiger charge is 2.40. The average Bonchev–Trinajstić information content (AvgIpc) is 3.33. The largest absolute Gasteiger partial charge is 0.360 e. The van der Waals surface area contributed by atoms with Crippen molar-refractivity contribution in [3.05, 3.63) is 35.5 Å². The van der Waals surface area contributed by atoms with Crippen molar-refractivity contribution < 1.29 is 4.52 Å². The molecule has 0 aliphatic carbocycles. The summed E-state index contributed by atoms with van der Waals surface area (Å²) in [5, 5.41) is 16.9. The van der Waals surface area contributed by atoms with E-state index < -0.39 is 0 Å². The lowest BCUT2D eigenvalue weighted by atomic mass is 10.0. The summed E-state index contributed by atoms with van der Waals surface area (Å²) in [6, 6.07) is 6.08. The molecule has 3 aromatic rings. The molecule has 2 aliphatic rings. The minimum Gasteiger partial charge on any atom is -0.360 e. The highest BCUT2D eigenvalue weighted by molar-refractivity contribution is 5.46. The normalized spacial score (nSPS) is 23.7. The molecule has 0 aromatic carbocycles. The minimum absolute atomic E-state index is 0.684. The predicted octanol–water partition coefficient (Wildman–Crippen LogP) is 1.30. The Balaban J connectivity index is 1.27. The third kappa shape index (κ3) is 2.57. The van der Waals surface area contributed by atoms with E-state index in [1.54, 1.807) is 0 Å². The summed E-state index contributed by atoms with van der Waals surface area (Å²) >= 11 is 0. The molecule has 5 heterocycles. The molecule has 0 N–H and O–H groups in total. The maximum absolute atomic E-state index is 5.36. The van der Waals surface area contributed by atoms with Crippen LogP contribution in [0.25, 0.3) is 5.65 Å². The van der Waals surface area contributed by atoms with Gasteiger partial charge >= 0.3 is 0 Å². The van der Waals surface area contributed by atoms with E-state index >= 15 is 0 Å². The van der Waals surface area contributed by atoms with E-state index in [9.17, 15) is 0 Å². The molecule has 8 nitrogen and oxygen atoms in total. The third-order valence-corrected chi connectivity index (χ3v) is 5.35. The number of rotatable bonds is 3. The zero-order valence-corrected chi connectivity index (χ0v) is 14.5. The second-order valence-electron chi connectivity index (χ2n) is 7.26. The van der Waals surface area contributed by atoms with Crippen molar-refractivity contribution in [3.63, 3.8) is 0 Å². The molecule has 0 amide bonds. The van der Waals surface area contributed by atoms with Crippen LogP contribution in [0, 0.1) is 25.7 Å². The van der Waals surface area contributed by atoms with Crippen molar-refractivity contribution >= 4 is 11.5 Å². The SMILES string of the molecule is Cc1cc(CN2CC3CN(c4ccc5nnc(C)n5n4)CC3C2)on1. The van der Waals surface area contributed by atoms with Gasteiger partial charge in [0.05, 0.1) is 12.2 Å². The lowest BCUT2D eigenvalue weighted by Gasteiger charge is -2.21. The van der Waals surface area contributed by atoms with Crippen LogP contribution in [0.1, 0.15) is 17.3 Å². The van der Waals surface area contributed by atoms with E-state index in [1.165, 1.54) is 0 Å². The number of aromatic nitrogens is 5. The summed E-state index contributed by atoms with van der Waals surface area (Å²) in [6.45, 7) is 9.07. The number of hydrogen-bond donors (Lipinski definition) is 0. The smallest absolute Gasteiger partial charge is 0.178 e. The number of aryl methyl sites for hydroxylation is 2. The van der Waals surface area contributed by atoms with Crippen molar-refractivity contribution in [2.75, 3.05) is 31.1 Å². The lowest BCUT2D eigenvalue weighted by Crippen LogP contribution is -2.29. The quantitative estimate of drug-likeness (QED) is 0.712. The zero-order valence-electron chi connectivity index (χ0n) is 14.5. The maximum Gasteiger partial charge on any atom is 0.178 e. The molecule has 2 unspecified atom stereocenters. The zero-order chi connectivity index (χ0) is 17.0. The Labute approximate surface area is 145 Å². The molecule has 2 saturated heterocycles. The molecule has 0 radical (unpaired) electrons. The van der Waals surface area contributed by atoms with E-state index in [-0.39, 0.29) is 0 Å². The van der Waals surface area contributed by atoms with Gasteiger partial charge in [0.2, 0.25) is 0 Å². The van der Waals surface area contributed by atoms with Gasteiger partial charge < -0.3 is 9.42 Å². The molecule has 2 aliphatic heterocycles. The fourth-order valence-electron chi connectivity index (χ4n) is 4.17. The van der Waals surface area contributed by atoms with Crippen molar-refractivity contribution in [2.24, 2.45) is 11.8 Å². The van der Waals surface area contributed by atoms with Crippen LogP contribution in [-0.2, 0) is 6.54 Å². The topological polar surface area (TPSA) is 75.6 Å². The monoisotopic (exact) mass is 339 g/mol. The second kappa shape index (κ2) is 5.52. The first kappa shape index (κ1) is 14.8. The van der Waals surface area contributed by atoms with Gasteiger partial charge in [0.25, 0.3) is 0 Å². The predicted molar refractivity (Wildman–Crippen MR) is 91.2 cm³/mol. The summed E-state index contributed by atoms with van der Waals surface area (Å²) in [7, 11) is 0. The van der Waals surface area contributed by atoms with E-state index in [4.69, 9.17) is 9.62 Å². The van der Waals surface area contributed by atoms with Crippen LogP contribution >= 0.6 is 0 Å². The third-order valence-electron chi connectivity index (χ3n) is 5.35. The van der Waals surface area contributed by atoms with E-state index in [1.807, 2.05) is 30.5 Å². The molecule has 0 spiro atoms. The Hall–Kier alpha value is -2.48. The number of anilines is 1. The van der Waals surface area contributed by atoms with Crippen molar-refractivity contribution in [3.8, 4) is 0 Å². The first-order valence-electron chi connectivity index (χ1n) is 8.74. The van der Waals surface area contributed by atoms with Crippen LogP contribution in [0.2, 0.25) is 0 Å². The number of nitrogens with zero attached hydrogens (tertiary/aromatic N) is 7. The second-order valence-corrected chi connectivity index (χ2v) is 7.26. The Morgan fingerprint density at radius 2 is 1.88 bits per heavy atom. The van der Waals surface area contributed by atoms with Gasteiger partial charge in [-0.05, 0) is 37.8 Å². The highest BCUT2D eigenvalue weighted by atomic mass is 16.5. The molecule has 3 aromatic heterocycles. The molecule has 0 saturated carbocycles. The Bertz CT molecular complexity index is 903. The van der Waals surface area contributed by atoms with Crippen LogP contribution < -0.4 is 4.90 Å². The van der Waals surface area contributed by atoms with E-state index in [0.29, 0.717) is 11.8 Å². The summed E-state index contributed by atoms with van der Waals surface area (Å²) in [6.07, 6.45) is 0. The molecule has 130 valence electrons. The lowest BCUT2D eigenvalue weighted by molar-refractivity contribution is 0.260. The van der Waals surface area contributed by atoms with Crippen LogP contribution in [0.15, 0.2) is 22.7 Å². The molecule has 2 fully saturated rings. The van der Waals surface area contributed by atoms with Gasteiger partial charge in [0.15, 0.2) is 17.2 Å². The fourth-order valence-corrected chi connectivity index (χ4v) is 4.17. The van der Waals surface area contributed by atoms with Crippen molar-refractivity contribution in [1.82, 2.24) is 29.9 Å². The number of hydrogen-bond acceptors (Lipinski definition) is 7. The van der Waals surface area contributed by atoms with Gasteiger partial charge in [0, 0.05) is 32.2 Å². The number of likely N-dealkylation sites (tertiary alicyclic amines) is 1. The Kier molecular flexibility index (Phi) is 3.27. The molecule has 25 heavy (non-hydrogen) atoms. The van der Waals surface area contributed by atoms with Crippen LogP contribution in [0.4, 0.5) is 5.82 Å². The Morgan fingerprint density at radius 3 is 2.60 bits per heavy atom. The minimum atomic E-state index is 0.684. The fraction of sp³-hybridized carbons (Fsp3) is 0.529. The average molecular weight is 339 g/mol. The van der Waals surface area contributed by atoms with Gasteiger partial charge in [-0.15, -0.1) is 15.3 Å². The van der Waals surface area contributed by atoms with Crippen LogP contribution in [-0.4, -0.2) is 56.0 Å². The number of fused-ring (bicyclic) bond motifs is 2. The summed E-state index contributed by atoms with van der Waals surface area (Å²) < 4.78 is 7.18. The molecule has 2 atom stereocenters. The van der Waals surface area contributed by atoms with E-state index in [2.05, 4.69) is 31.2 Å². The molecule has 0 bridgehead atoms. The van der Waals surface area contributed by atoms with Crippen molar-refractivity contribution in [1.29, 1.82) is 0 Å². The van der Waals surface area contributed by atoms with Gasteiger partial charge in [-0.1, -0.05) is 5.16 Å². The maximum atomic E-state index is 5.36. The summed E-state index contributed by atoms with van der Waals surface area (Å²) in [5.41, 5.74) is 1.75. The Morgan fingerprint density at radius 1 is 1.08 bits per heavy atom. The molecular weight excluding hydrogens is 318 g/mol. The van der Waals surface area contributed by atoms with Gasteiger partial charge in [-0.3, -0.25) is 4.90 Å². The standard InChI is InChI=1S/C17H21N7O/c1-11-5-15(25-21-11)10-22-6-13-8-23(9-14(13)7-22)17-4-3-16-19-18-12(2)24(16)20-17/h3-5,13-14H,6-10H2,1-2H3. The van der Waals surface area contributed by atoms with Crippen LogP contribution in [0.5, 0.6) is 0 Å².